The largest absolute Gasteiger partial charge is 0.396 e. The maximum absolute atomic E-state index is 11.5. The number of hydrogen-bond donors (Lipinski definition) is 5. The summed E-state index contributed by atoms with van der Waals surface area (Å²) < 4.78 is 1.54. The van der Waals surface area contributed by atoms with Crippen LogP contribution in [0.15, 0.2) is 40.0 Å². The van der Waals surface area contributed by atoms with Gasteiger partial charge in [-0.3, -0.25) is 9.79 Å². The van der Waals surface area contributed by atoms with E-state index in [2.05, 4.69) is 21.2 Å². The van der Waals surface area contributed by atoms with Gasteiger partial charge < -0.3 is 26.1 Å². The van der Waals surface area contributed by atoms with E-state index in [1.165, 1.54) is 0 Å². The van der Waals surface area contributed by atoms with E-state index in [0.717, 1.165) is 31.2 Å². The number of nitrogens with two attached hydrogens (primary N) is 1. The highest BCUT2D eigenvalue weighted by atomic mass is 16.3. The molecular weight excluding hydrogens is 332 g/mol. The van der Waals surface area contributed by atoms with Crippen molar-refractivity contribution in [1.29, 1.82) is 0 Å². The Morgan fingerprint density at radius 3 is 2.88 bits per heavy atom. The van der Waals surface area contributed by atoms with E-state index in [0.29, 0.717) is 18.2 Å². The summed E-state index contributed by atoms with van der Waals surface area (Å²) in [5.41, 5.74) is 12.9. The molecule has 2 atom stereocenters. The van der Waals surface area contributed by atoms with Gasteiger partial charge in [0.15, 0.2) is 0 Å². The Bertz CT molecular complexity index is 697. The van der Waals surface area contributed by atoms with Gasteiger partial charge in [0.25, 0.3) is 0 Å². The zero-order valence-corrected chi connectivity index (χ0v) is 15.5. The number of hydrogen-bond acceptors (Lipinski definition) is 6. The fourth-order valence-corrected chi connectivity index (χ4v) is 3.17. The van der Waals surface area contributed by atoms with Crippen molar-refractivity contribution in [3.8, 4) is 0 Å². The Morgan fingerprint density at radius 1 is 1.42 bits per heavy atom. The summed E-state index contributed by atoms with van der Waals surface area (Å²) in [4.78, 5) is 16.1. The third-order valence-corrected chi connectivity index (χ3v) is 4.60. The standard InChI is InChI=1S/C18H30N6O2/c1-20-23-17(21-10-13-7-8-18(26)24(2)11-13)9-16(19)22-15-6-4-3-5-14(15)12-25/h7-9,11,14-15,20-21,23,25H,3-6,10,12H2,1-2H3,(H2,19,22)/b17-9-/t14-,15-/m0/s1. The van der Waals surface area contributed by atoms with Crippen LogP contribution in [-0.2, 0) is 13.6 Å². The topological polar surface area (TPSA) is 117 Å². The number of pyridine rings is 1. The van der Waals surface area contributed by atoms with Crippen LogP contribution in [0.1, 0.15) is 31.2 Å². The number of aryl methyl sites for hydroxylation is 1. The molecule has 0 aromatic carbocycles. The fraction of sp³-hybridized carbons (Fsp3) is 0.556. The molecular formula is C18H30N6O2. The first-order valence-electron chi connectivity index (χ1n) is 9.01. The average Bonchev–Trinajstić information content (AvgIpc) is 2.63. The van der Waals surface area contributed by atoms with E-state index in [4.69, 9.17) is 5.73 Å². The van der Waals surface area contributed by atoms with Gasteiger partial charge in [-0.1, -0.05) is 18.9 Å². The minimum Gasteiger partial charge on any atom is -0.396 e. The summed E-state index contributed by atoms with van der Waals surface area (Å²) in [7, 11) is 3.48. The van der Waals surface area contributed by atoms with Crippen molar-refractivity contribution in [2.75, 3.05) is 13.7 Å². The third-order valence-electron chi connectivity index (χ3n) is 4.60. The number of aliphatic hydroxyl groups excluding tert-OH is 1. The minimum absolute atomic E-state index is 0.0415. The van der Waals surface area contributed by atoms with Crippen LogP contribution < -0.4 is 27.5 Å². The van der Waals surface area contributed by atoms with E-state index in [1.54, 1.807) is 43.1 Å². The summed E-state index contributed by atoms with van der Waals surface area (Å²) in [6.07, 6.45) is 7.74. The second kappa shape index (κ2) is 9.98. The van der Waals surface area contributed by atoms with Crippen LogP contribution in [0.5, 0.6) is 0 Å². The number of aliphatic imine (C=N–C) groups is 1. The summed E-state index contributed by atoms with van der Waals surface area (Å²) >= 11 is 0. The number of hydrazine groups is 1. The van der Waals surface area contributed by atoms with E-state index in [9.17, 15) is 9.90 Å². The number of amidine groups is 1. The van der Waals surface area contributed by atoms with Gasteiger partial charge in [0.05, 0.1) is 6.04 Å². The summed E-state index contributed by atoms with van der Waals surface area (Å²) in [5, 5.41) is 12.7. The molecule has 0 unspecified atom stereocenters. The predicted octanol–water partition coefficient (Wildman–Crippen LogP) is -0.0514. The molecule has 1 aromatic heterocycles. The molecule has 144 valence electrons. The summed E-state index contributed by atoms with van der Waals surface area (Å²) in [6, 6.07) is 3.40. The third kappa shape index (κ3) is 5.89. The van der Waals surface area contributed by atoms with Gasteiger partial charge in [-0.2, -0.15) is 0 Å². The molecule has 0 spiro atoms. The van der Waals surface area contributed by atoms with Crippen LogP contribution in [0.4, 0.5) is 0 Å². The summed E-state index contributed by atoms with van der Waals surface area (Å²) in [5.74, 6) is 1.29. The van der Waals surface area contributed by atoms with Gasteiger partial charge >= 0.3 is 0 Å². The number of nitrogens with zero attached hydrogens (tertiary/aromatic N) is 2. The van der Waals surface area contributed by atoms with Gasteiger partial charge in [-0.15, -0.1) is 0 Å². The van der Waals surface area contributed by atoms with Crippen molar-refractivity contribution < 1.29 is 5.11 Å². The maximum Gasteiger partial charge on any atom is 0.250 e. The molecule has 8 nitrogen and oxygen atoms in total. The first-order valence-corrected chi connectivity index (χ1v) is 9.01. The molecule has 1 saturated carbocycles. The molecule has 1 aliphatic carbocycles. The molecule has 8 heteroatoms. The zero-order chi connectivity index (χ0) is 18.9. The molecule has 1 aromatic rings. The molecule has 2 rings (SSSR count). The monoisotopic (exact) mass is 362 g/mol. The van der Waals surface area contributed by atoms with Gasteiger partial charge in [-0.25, -0.2) is 5.43 Å². The Labute approximate surface area is 154 Å². The van der Waals surface area contributed by atoms with E-state index in [1.807, 2.05) is 0 Å². The lowest BCUT2D eigenvalue weighted by Gasteiger charge is -2.27. The molecule has 0 radical (unpaired) electrons. The van der Waals surface area contributed by atoms with Crippen molar-refractivity contribution in [2.24, 2.45) is 23.7 Å². The van der Waals surface area contributed by atoms with Gasteiger partial charge in [-0.05, 0) is 18.4 Å². The zero-order valence-electron chi connectivity index (χ0n) is 15.5. The molecule has 1 fully saturated rings. The lowest BCUT2D eigenvalue weighted by atomic mass is 9.85. The summed E-state index contributed by atoms with van der Waals surface area (Å²) in [6.45, 7) is 0.683. The second-order valence-electron chi connectivity index (χ2n) is 6.62. The Morgan fingerprint density at radius 2 is 2.19 bits per heavy atom. The van der Waals surface area contributed by atoms with E-state index >= 15 is 0 Å². The molecule has 1 aliphatic rings. The van der Waals surface area contributed by atoms with Gasteiger partial charge in [0, 0.05) is 51.5 Å². The first-order chi connectivity index (χ1) is 12.5. The van der Waals surface area contributed by atoms with Gasteiger partial charge in [0.2, 0.25) is 5.56 Å². The SMILES string of the molecule is CNN/C(=C\C(N)=N[C@H]1CCCC[C@H]1CO)NCc1ccc(=O)n(C)c1. The van der Waals surface area contributed by atoms with Crippen LogP contribution in [0.25, 0.3) is 0 Å². The lowest BCUT2D eigenvalue weighted by molar-refractivity contribution is 0.172. The molecule has 0 bridgehead atoms. The van der Waals surface area contributed by atoms with Crippen molar-refractivity contribution in [1.82, 2.24) is 20.7 Å². The van der Waals surface area contributed by atoms with Crippen molar-refractivity contribution in [2.45, 2.75) is 38.3 Å². The van der Waals surface area contributed by atoms with E-state index < -0.39 is 0 Å². The average molecular weight is 362 g/mol. The smallest absolute Gasteiger partial charge is 0.250 e. The number of nitrogens with one attached hydrogen (secondary N) is 3. The Hall–Kier alpha value is -2.32. The molecule has 1 heterocycles. The highest BCUT2D eigenvalue weighted by Gasteiger charge is 2.23. The predicted molar refractivity (Wildman–Crippen MR) is 103 cm³/mol. The molecule has 0 saturated heterocycles. The highest BCUT2D eigenvalue weighted by molar-refractivity contribution is 5.92. The Kier molecular flexibility index (Phi) is 7.68. The van der Waals surface area contributed by atoms with Gasteiger partial charge in [0.1, 0.15) is 11.7 Å². The number of rotatable bonds is 8. The van der Waals surface area contributed by atoms with E-state index in [-0.39, 0.29) is 24.1 Å². The van der Waals surface area contributed by atoms with Crippen LogP contribution in [0.2, 0.25) is 0 Å². The lowest BCUT2D eigenvalue weighted by Crippen LogP contribution is -2.36. The van der Waals surface area contributed by atoms with Crippen molar-refractivity contribution in [3.63, 3.8) is 0 Å². The minimum atomic E-state index is -0.0415. The number of aromatic nitrogens is 1. The van der Waals surface area contributed by atoms with Crippen LogP contribution >= 0.6 is 0 Å². The molecule has 26 heavy (non-hydrogen) atoms. The molecule has 0 amide bonds. The Balaban J connectivity index is 2.05. The van der Waals surface area contributed by atoms with Crippen LogP contribution in [-0.4, -0.2) is 35.2 Å². The van der Waals surface area contributed by atoms with Crippen LogP contribution in [0.3, 0.4) is 0 Å². The van der Waals surface area contributed by atoms with Crippen molar-refractivity contribution in [3.05, 3.63) is 46.1 Å². The normalized spacial score (nSPS) is 21.5. The number of aliphatic hydroxyl groups is 1. The highest BCUT2D eigenvalue weighted by Crippen LogP contribution is 2.26. The van der Waals surface area contributed by atoms with Crippen molar-refractivity contribution >= 4 is 5.84 Å². The second-order valence-corrected chi connectivity index (χ2v) is 6.62. The first kappa shape index (κ1) is 20.0. The maximum atomic E-state index is 11.5. The molecule has 6 N–H and O–H groups in total. The quantitative estimate of drug-likeness (QED) is 0.251. The van der Waals surface area contributed by atoms with Crippen LogP contribution in [0, 0.1) is 5.92 Å². The molecule has 0 aliphatic heterocycles. The fourth-order valence-electron chi connectivity index (χ4n) is 3.17.